The summed E-state index contributed by atoms with van der Waals surface area (Å²) in [6, 6.07) is 17.8. The second-order valence-corrected chi connectivity index (χ2v) is 6.24. The van der Waals surface area contributed by atoms with E-state index in [-0.39, 0.29) is 24.6 Å². The maximum Gasteiger partial charge on any atom is 0.310 e. The van der Waals surface area contributed by atoms with Crippen LogP contribution in [-0.4, -0.2) is 12.1 Å². The van der Waals surface area contributed by atoms with E-state index in [9.17, 15) is 4.79 Å². The van der Waals surface area contributed by atoms with Gasteiger partial charge in [-0.05, 0) is 24.1 Å². The molecule has 0 unspecified atom stereocenters. The number of hydrogen-bond acceptors (Lipinski definition) is 3. The Labute approximate surface area is 148 Å². The summed E-state index contributed by atoms with van der Waals surface area (Å²) in [6.07, 6.45) is 3.83. The second-order valence-electron chi connectivity index (χ2n) is 6.24. The van der Waals surface area contributed by atoms with Crippen molar-refractivity contribution in [2.24, 2.45) is 0 Å². The third kappa shape index (κ3) is 4.38. The molecular weight excluding hydrogens is 312 g/mol. The Hall–Kier alpha value is -2.81. The van der Waals surface area contributed by atoms with Crippen LogP contribution >= 0.6 is 0 Å². The molecule has 1 aliphatic rings. The van der Waals surface area contributed by atoms with E-state index in [0.717, 1.165) is 22.4 Å². The SMILES string of the molecule is C=C(C)/C=C\CC(=O)O[C@@H]1Cc2ccccc2O[C@@H]1c1ccccc1. The van der Waals surface area contributed by atoms with Gasteiger partial charge in [0.2, 0.25) is 0 Å². The Kier molecular flexibility index (Phi) is 5.34. The minimum Gasteiger partial charge on any atom is -0.482 e. The normalized spacial score (nSPS) is 19.1. The zero-order chi connectivity index (χ0) is 17.6. The van der Waals surface area contributed by atoms with Gasteiger partial charge in [-0.3, -0.25) is 4.79 Å². The molecule has 2 aromatic rings. The molecule has 0 radical (unpaired) electrons. The molecule has 3 nitrogen and oxygen atoms in total. The summed E-state index contributed by atoms with van der Waals surface area (Å²) in [7, 11) is 0. The molecule has 0 bridgehead atoms. The van der Waals surface area contributed by atoms with Crippen molar-refractivity contribution in [2.75, 3.05) is 0 Å². The van der Waals surface area contributed by atoms with Gasteiger partial charge in [-0.25, -0.2) is 0 Å². The van der Waals surface area contributed by atoms with E-state index in [4.69, 9.17) is 9.47 Å². The molecule has 1 aliphatic heterocycles. The molecule has 0 fully saturated rings. The molecule has 0 spiro atoms. The summed E-state index contributed by atoms with van der Waals surface area (Å²) in [5.74, 6) is 0.595. The molecule has 0 saturated heterocycles. The fraction of sp³-hybridized carbons (Fsp3) is 0.227. The van der Waals surface area contributed by atoms with Crippen molar-refractivity contribution in [3.8, 4) is 5.75 Å². The van der Waals surface area contributed by atoms with Gasteiger partial charge in [-0.1, -0.05) is 72.8 Å². The van der Waals surface area contributed by atoms with E-state index in [1.807, 2.05) is 67.6 Å². The fourth-order valence-corrected chi connectivity index (χ4v) is 2.93. The van der Waals surface area contributed by atoms with Crippen LogP contribution in [0.2, 0.25) is 0 Å². The van der Waals surface area contributed by atoms with Crippen molar-refractivity contribution in [3.05, 3.63) is 90.0 Å². The molecule has 0 aliphatic carbocycles. The first-order valence-electron chi connectivity index (χ1n) is 8.44. The number of carbonyl (C=O) groups is 1. The Bertz CT molecular complexity index is 777. The Morgan fingerprint density at radius 1 is 1.20 bits per heavy atom. The van der Waals surface area contributed by atoms with Crippen molar-refractivity contribution in [1.82, 2.24) is 0 Å². The molecule has 2 atom stereocenters. The van der Waals surface area contributed by atoms with Gasteiger partial charge in [0.05, 0.1) is 6.42 Å². The highest BCUT2D eigenvalue weighted by atomic mass is 16.6. The molecule has 25 heavy (non-hydrogen) atoms. The minimum atomic E-state index is -0.344. The monoisotopic (exact) mass is 334 g/mol. The van der Waals surface area contributed by atoms with Gasteiger partial charge in [0.15, 0.2) is 6.10 Å². The molecule has 1 heterocycles. The topological polar surface area (TPSA) is 35.5 Å². The maximum atomic E-state index is 12.2. The van der Waals surface area contributed by atoms with E-state index in [0.29, 0.717) is 6.42 Å². The lowest BCUT2D eigenvalue weighted by molar-refractivity contribution is -0.154. The van der Waals surface area contributed by atoms with E-state index in [2.05, 4.69) is 6.58 Å². The molecule has 0 amide bonds. The average Bonchev–Trinajstić information content (AvgIpc) is 2.61. The van der Waals surface area contributed by atoms with E-state index < -0.39 is 0 Å². The lowest BCUT2D eigenvalue weighted by Gasteiger charge is -2.33. The summed E-state index contributed by atoms with van der Waals surface area (Å²) in [5, 5.41) is 0. The lowest BCUT2D eigenvalue weighted by Crippen LogP contribution is -2.34. The number of allylic oxidation sites excluding steroid dienone is 2. The average molecular weight is 334 g/mol. The molecular formula is C22H22O3. The van der Waals surface area contributed by atoms with Gasteiger partial charge in [0.25, 0.3) is 0 Å². The van der Waals surface area contributed by atoms with Crippen LogP contribution in [0, 0.1) is 0 Å². The number of ether oxygens (including phenoxy) is 2. The van der Waals surface area contributed by atoms with E-state index in [1.165, 1.54) is 0 Å². The standard InChI is InChI=1S/C22H22O3/c1-16(2)9-8-14-21(23)24-20-15-18-12-6-7-13-19(18)25-22(20)17-10-4-3-5-11-17/h3-13,20,22H,1,14-15H2,2H3/b9-8-/t20-,22-/m1/s1. The molecule has 128 valence electrons. The molecule has 0 N–H and O–H groups in total. The highest BCUT2D eigenvalue weighted by Gasteiger charge is 2.33. The lowest BCUT2D eigenvalue weighted by atomic mass is 9.94. The Morgan fingerprint density at radius 3 is 2.68 bits per heavy atom. The number of fused-ring (bicyclic) bond motifs is 1. The number of hydrogen-bond donors (Lipinski definition) is 0. The summed E-state index contributed by atoms with van der Waals surface area (Å²) in [6.45, 7) is 5.67. The molecule has 2 aromatic carbocycles. The quantitative estimate of drug-likeness (QED) is 0.582. The third-order valence-corrected chi connectivity index (χ3v) is 4.08. The largest absolute Gasteiger partial charge is 0.482 e. The first-order valence-corrected chi connectivity index (χ1v) is 8.44. The fourth-order valence-electron chi connectivity index (χ4n) is 2.93. The van der Waals surface area contributed by atoms with E-state index >= 15 is 0 Å². The maximum absolute atomic E-state index is 12.2. The number of para-hydroxylation sites is 1. The predicted octanol–water partition coefficient (Wildman–Crippen LogP) is 4.80. The third-order valence-electron chi connectivity index (χ3n) is 4.08. The Balaban J connectivity index is 1.79. The van der Waals surface area contributed by atoms with Crippen LogP contribution in [0.1, 0.15) is 30.6 Å². The molecule has 0 aromatic heterocycles. The van der Waals surface area contributed by atoms with Gasteiger partial charge >= 0.3 is 5.97 Å². The van der Waals surface area contributed by atoms with Crippen molar-refractivity contribution in [3.63, 3.8) is 0 Å². The molecule has 3 heteroatoms. The van der Waals surface area contributed by atoms with Gasteiger partial charge < -0.3 is 9.47 Å². The predicted molar refractivity (Wildman–Crippen MR) is 98.4 cm³/mol. The van der Waals surface area contributed by atoms with Gasteiger partial charge in [0, 0.05) is 6.42 Å². The highest BCUT2D eigenvalue weighted by Crippen LogP contribution is 2.36. The highest BCUT2D eigenvalue weighted by molar-refractivity contribution is 5.71. The van der Waals surface area contributed by atoms with Crippen LogP contribution < -0.4 is 4.74 Å². The summed E-state index contributed by atoms with van der Waals surface area (Å²) < 4.78 is 11.9. The van der Waals surface area contributed by atoms with E-state index in [1.54, 1.807) is 6.08 Å². The van der Waals surface area contributed by atoms with Crippen LogP contribution in [0.3, 0.4) is 0 Å². The molecule has 0 saturated carbocycles. The smallest absolute Gasteiger partial charge is 0.310 e. The van der Waals surface area contributed by atoms with Gasteiger partial charge in [0.1, 0.15) is 11.9 Å². The minimum absolute atomic E-state index is 0.229. The van der Waals surface area contributed by atoms with Crippen molar-refractivity contribution < 1.29 is 14.3 Å². The zero-order valence-electron chi connectivity index (χ0n) is 14.4. The van der Waals surface area contributed by atoms with Gasteiger partial charge in [-0.15, -0.1) is 0 Å². The van der Waals surface area contributed by atoms with Gasteiger partial charge in [-0.2, -0.15) is 0 Å². The number of carbonyl (C=O) groups excluding carboxylic acids is 1. The molecule has 3 rings (SSSR count). The van der Waals surface area contributed by atoms with Crippen molar-refractivity contribution >= 4 is 5.97 Å². The first kappa shape index (κ1) is 17.0. The van der Waals surface area contributed by atoms with Crippen LogP contribution in [0.25, 0.3) is 0 Å². The van der Waals surface area contributed by atoms with Crippen molar-refractivity contribution in [2.45, 2.75) is 32.0 Å². The van der Waals surface area contributed by atoms with Crippen molar-refractivity contribution in [1.29, 1.82) is 0 Å². The van der Waals surface area contributed by atoms with Crippen LogP contribution in [0.15, 0.2) is 78.9 Å². The summed E-state index contributed by atoms with van der Waals surface area (Å²) in [5.41, 5.74) is 2.97. The first-order chi connectivity index (χ1) is 12.1. The second kappa shape index (κ2) is 7.84. The summed E-state index contributed by atoms with van der Waals surface area (Å²) in [4.78, 5) is 12.2. The summed E-state index contributed by atoms with van der Waals surface area (Å²) >= 11 is 0. The van der Waals surface area contributed by atoms with Crippen LogP contribution in [-0.2, 0) is 16.0 Å². The number of rotatable bonds is 5. The zero-order valence-corrected chi connectivity index (χ0v) is 14.4. The Morgan fingerprint density at radius 2 is 1.92 bits per heavy atom. The number of esters is 1. The number of benzene rings is 2. The van der Waals surface area contributed by atoms with Crippen LogP contribution in [0.5, 0.6) is 5.75 Å². The van der Waals surface area contributed by atoms with Crippen LogP contribution in [0.4, 0.5) is 0 Å².